The lowest BCUT2D eigenvalue weighted by atomic mass is 9.94. The standard InChI is InChI=1S/C32H32N6O2/c1-2-21-8-11-35(12-9-21)32(40)37-14-13-36-20-26(25-16-22(17-33)15-23(19-37)31(25)36)24-6-7-28(39)30(24)27-18-34-29-5-3-4-10-38(27)29/h3-5,10,15-16,18,20-21H,2,6-9,11-14,19H2,1H3. The molecule has 0 bridgehead atoms. The fourth-order valence-corrected chi connectivity index (χ4v) is 6.88. The Labute approximate surface area is 233 Å². The van der Waals surface area contributed by atoms with Gasteiger partial charge < -0.3 is 14.4 Å². The number of fused-ring (bicyclic) bond motifs is 1. The molecule has 0 radical (unpaired) electrons. The molecule has 5 heterocycles. The number of nitrogens with zero attached hydrogens (tertiary/aromatic N) is 6. The van der Waals surface area contributed by atoms with E-state index in [2.05, 4.69) is 28.7 Å². The molecule has 7 rings (SSSR count). The normalized spacial score (nSPS) is 18.1. The Morgan fingerprint density at radius 2 is 1.95 bits per heavy atom. The van der Waals surface area contributed by atoms with E-state index in [9.17, 15) is 14.9 Å². The van der Waals surface area contributed by atoms with Crippen LogP contribution in [0.25, 0.3) is 27.7 Å². The Balaban J connectivity index is 1.31. The molecule has 1 fully saturated rings. The van der Waals surface area contributed by atoms with E-state index in [0.29, 0.717) is 49.5 Å². The lowest BCUT2D eigenvalue weighted by molar-refractivity contribution is -0.113. The third kappa shape index (κ3) is 3.91. The van der Waals surface area contributed by atoms with Crippen LogP contribution in [0.5, 0.6) is 0 Å². The third-order valence-electron chi connectivity index (χ3n) is 9.07. The molecule has 8 heteroatoms. The molecule has 0 spiro atoms. The minimum atomic E-state index is 0.0926. The number of carbonyl (C=O) groups is 2. The van der Waals surface area contributed by atoms with Gasteiger partial charge in [-0.15, -0.1) is 0 Å². The number of hydrogen-bond donors (Lipinski definition) is 0. The second-order valence-electron chi connectivity index (χ2n) is 11.3. The monoisotopic (exact) mass is 532 g/mol. The zero-order valence-corrected chi connectivity index (χ0v) is 22.8. The molecule has 0 N–H and O–H groups in total. The highest BCUT2D eigenvalue weighted by Crippen LogP contribution is 2.42. The maximum atomic E-state index is 13.6. The van der Waals surface area contributed by atoms with Gasteiger partial charge >= 0.3 is 6.03 Å². The molecule has 40 heavy (non-hydrogen) atoms. The number of benzene rings is 1. The predicted octanol–water partition coefficient (Wildman–Crippen LogP) is 5.49. The minimum Gasteiger partial charge on any atom is -0.345 e. The Morgan fingerprint density at radius 3 is 2.75 bits per heavy atom. The molecular formula is C32H32N6O2. The van der Waals surface area contributed by atoms with Crippen LogP contribution in [0.3, 0.4) is 0 Å². The average molecular weight is 533 g/mol. The number of amides is 2. The number of allylic oxidation sites excluding steroid dienone is 2. The zero-order chi connectivity index (χ0) is 27.4. The molecule has 0 atom stereocenters. The minimum absolute atomic E-state index is 0.0926. The number of nitriles is 1. The molecule has 3 aromatic heterocycles. The number of pyridine rings is 1. The van der Waals surface area contributed by atoms with Gasteiger partial charge in [0, 0.05) is 68.1 Å². The smallest absolute Gasteiger partial charge is 0.320 e. The van der Waals surface area contributed by atoms with Gasteiger partial charge in [-0.05, 0) is 60.6 Å². The van der Waals surface area contributed by atoms with E-state index >= 15 is 0 Å². The summed E-state index contributed by atoms with van der Waals surface area (Å²) in [6, 6.07) is 12.1. The summed E-state index contributed by atoms with van der Waals surface area (Å²) in [5.41, 5.74) is 6.94. The van der Waals surface area contributed by atoms with E-state index in [1.54, 1.807) is 6.20 Å². The number of carbonyl (C=O) groups excluding carboxylic acids is 2. The summed E-state index contributed by atoms with van der Waals surface area (Å²) in [6.45, 7) is 5.59. The van der Waals surface area contributed by atoms with Crippen LogP contribution in [0, 0.1) is 17.2 Å². The number of hydrogen-bond acceptors (Lipinski definition) is 4. The number of ketones is 1. The lowest BCUT2D eigenvalue weighted by Gasteiger charge is -2.35. The van der Waals surface area contributed by atoms with Crippen LogP contribution in [-0.4, -0.2) is 55.2 Å². The molecule has 0 unspecified atom stereocenters. The van der Waals surface area contributed by atoms with Gasteiger partial charge in [0.15, 0.2) is 5.78 Å². The first-order valence-corrected chi connectivity index (χ1v) is 14.3. The van der Waals surface area contributed by atoms with Crippen LogP contribution < -0.4 is 0 Å². The van der Waals surface area contributed by atoms with Crippen molar-refractivity contribution in [3.8, 4) is 6.07 Å². The van der Waals surface area contributed by atoms with Gasteiger partial charge in [-0.2, -0.15) is 5.26 Å². The summed E-state index contributed by atoms with van der Waals surface area (Å²) in [5, 5.41) is 10.9. The first-order chi connectivity index (χ1) is 19.6. The van der Waals surface area contributed by atoms with Crippen LogP contribution in [-0.2, 0) is 17.9 Å². The third-order valence-corrected chi connectivity index (χ3v) is 9.07. The predicted molar refractivity (Wildman–Crippen MR) is 153 cm³/mol. The van der Waals surface area contributed by atoms with Crippen molar-refractivity contribution in [2.75, 3.05) is 19.6 Å². The maximum absolute atomic E-state index is 13.6. The van der Waals surface area contributed by atoms with E-state index in [0.717, 1.165) is 64.9 Å². The van der Waals surface area contributed by atoms with E-state index in [-0.39, 0.29) is 11.8 Å². The van der Waals surface area contributed by atoms with Crippen molar-refractivity contribution in [1.82, 2.24) is 23.8 Å². The summed E-state index contributed by atoms with van der Waals surface area (Å²) in [5.74, 6) is 0.829. The van der Waals surface area contributed by atoms with Gasteiger partial charge in [0.25, 0.3) is 0 Å². The molecular weight excluding hydrogens is 500 g/mol. The Bertz CT molecular complexity index is 1740. The topological polar surface area (TPSA) is 86.6 Å². The second kappa shape index (κ2) is 9.67. The van der Waals surface area contributed by atoms with Crippen molar-refractivity contribution in [1.29, 1.82) is 5.26 Å². The first kappa shape index (κ1) is 24.6. The lowest BCUT2D eigenvalue weighted by Crippen LogP contribution is -2.46. The molecule has 4 aromatic rings. The number of likely N-dealkylation sites (tertiary alicyclic amines) is 1. The molecule has 1 aliphatic carbocycles. The quantitative estimate of drug-likeness (QED) is 0.349. The van der Waals surface area contributed by atoms with Crippen molar-refractivity contribution in [2.24, 2.45) is 5.92 Å². The van der Waals surface area contributed by atoms with Crippen molar-refractivity contribution < 1.29 is 9.59 Å². The molecule has 8 nitrogen and oxygen atoms in total. The molecule has 1 saturated heterocycles. The highest BCUT2D eigenvalue weighted by atomic mass is 16.2. The van der Waals surface area contributed by atoms with Gasteiger partial charge in [0.2, 0.25) is 0 Å². The Morgan fingerprint density at radius 1 is 1.10 bits per heavy atom. The van der Waals surface area contributed by atoms with Crippen LogP contribution in [0.1, 0.15) is 61.4 Å². The summed E-state index contributed by atoms with van der Waals surface area (Å²) in [4.78, 5) is 35.3. The zero-order valence-electron chi connectivity index (χ0n) is 22.8. The largest absolute Gasteiger partial charge is 0.345 e. The number of imidazole rings is 1. The summed E-state index contributed by atoms with van der Waals surface area (Å²) < 4.78 is 4.19. The van der Waals surface area contributed by atoms with Crippen LogP contribution in [0.2, 0.25) is 0 Å². The molecule has 0 saturated carbocycles. The maximum Gasteiger partial charge on any atom is 0.320 e. The van der Waals surface area contributed by atoms with E-state index in [1.165, 1.54) is 6.42 Å². The van der Waals surface area contributed by atoms with Gasteiger partial charge in [0.05, 0.1) is 29.0 Å². The van der Waals surface area contributed by atoms with Crippen LogP contribution in [0.15, 0.2) is 48.9 Å². The van der Waals surface area contributed by atoms with Crippen molar-refractivity contribution in [2.45, 2.75) is 52.1 Å². The summed E-state index contributed by atoms with van der Waals surface area (Å²) in [7, 11) is 0. The second-order valence-corrected chi connectivity index (χ2v) is 11.3. The highest BCUT2D eigenvalue weighted by molar-refractivity contribution is 6.31. The molecule has 2 aliphatic heterocycles. The number of piperidine rings is 1. The number of urea groups is 1. The van der Waals surface area contributed by atoms with Crippen LogP contribution >= 0.6 is 0 Å². The Hall–Kier alpha value is -4.38. The molecule has 2 amide bonds. The van der Waals surface area contributed by atoms with E-state index in [1.807, 2.05) is 50.7 Å². The van der Waals surface area contributed by atoms with Gasteiger partial charge in [-0.25, -0.2) is 9.78 Å². The van der Waals surface area contributed by atoms with Gasteiger partial charge in [0.1, 0.15) is 5.65 Å². The van der Waals surface area contributed by atoms with E-state index in [4.69, 9.17) is 0 Å². The number of aromatic nitrogens is 3. The first-order valence-electron chi connectivity index (χ1n) is 14.3. The summed E-state index contributed by atoms with van der Waals surface area (Å²) in [6.07, 6.45) is 10.3. The number of rotatable bonds is 3. The van der Waals surface area contributed by atoms with Crippen molar-refractivity contribution in [3.05, 3.63) is 71.3 Å². The SMILES string of the molecule is CCC1CCN(C(=O)N2CCn3cc(C4=C(c5cnc6ccccn56)C(=O)CC4)c4cc(C#N)cc(c43)C2)CC1. The van der Waals surface area contributed by atoms with Gasteiger partial charge in [-0.1, -0.05) is 19.4 Å². The Kier molecular flexibility index (Phi) is 5.96. The number of Topliss-reactive ketones (excluding diaryl/α,β-unsaturated/α-hetero) is 1. The highest BCUT2D eigenvalue weighted by Gasteiger charge is 2.32. The fourth-order valence-electron chi connectivity index (χ4n) is 6.88. The molecule has 3 aliphatic rings. The van der Waals surface area contributed by atoms with Crippen molar-refractivity contribution >= 4 is 39.5 Å². The average Bonchev–Trinajstić information content (AvgIpc) is 3.65. The van der Waals surface area contributed by atoms with Crippen LogP contribution in [0.4, 0.5) is 4.79 Å². The summed E-state index contributed by atoms with van der Waals surface area (Å²) >= 11 is 0. The molecule has 202 valence electrons. The molecule has 1 aromatic carbocycles. The van der Waals surface area contributed by atoms with Crippen molar-refractivity contribution in [3.63, 3.8) is 0 Å². The fraction of sp³-hybridized carbons (Fsp3) is 0.375. The van der Waals surface area contributed by atoms with E-state index < -0.39 is 0 Å². The van der Waals surface area contributed by atoms with Gasteiger partial charge in [-0.3, -0.25) is 9.20 Å².